The van der Waals surface area contributed by atoms with Crippen molar-refractivity contribution in [2.45, 2.75) is 0 Å². The highest BCUT2D eigenvalue weighted by molar-refractivity contribution is 6.06. The van der Waals surface area contributed by atoms with Crippen molar-refractivity contribution in [3.05, 3.63) is 85.1 Å². The molecule has 132 valence electrons. The summed E-state index contributed by atoms with van der Waals surface area (Å²) in [5, 5.41) is 11.1. The Morgan fingerprint density at radius 2 is 1.59 bits per heavy atom. The molecular weight excluding hydrogens is 344 g/mol. The standard InChI is InChI=1S/C20H14N4O3/c25-20(18-19(27-13-21-18)17-7-4-12-26-17)22-14-8-10-16(11-9-14)24-23-15-5-2-1-3-6-15/h1-13H,(H,22,25). The average Bonchev–Trinajstić information content (AvgIpc) is 3.39. The van der Waals surface area contributed by atoms with Gasteiger partial charge >= 0.3 is 0 Å². The zero-order valence-electron chi connectivity index (χ0n) is 14.1. The van der Waals surface area contributed by atoms with Gasteiger partial charge in [-0.1, -0.05) is 18.2 Å². The summed E-state index contributed by atoms with van der Waals surface area (Å²) in [6, 6.07) is 19.9. The van der Waals surface area contributed by atoms with E-state index in [1.165, 1.54) is 12.7 Å². The van der Waals surface area contributed by atoms with Crippen molar-refractivity contribution in [1.82, 2.24) is 4.98 Å². The van der Waals surface area contributed by atoms with Crippen LogP contribution in [0.4, 0.5) is 17.1 Å². The van der Waals surface area contributed by atoms with E-state index >= 15 is 0 Å². The van der Waals surface area contributed by atoms with Gasteiger partial charge in [0.2, 0.25) is 5.76 Å². The van der Waals surface area contributed by atoms with Crippen molar-refractivity contribution in [1.29, 1.82) is 0 Å². The Balaban J connectivity index is 1.45. The van der Waals surface area contributed by atoms with Crippen molar-refractivity contribution >= 4 is 23.0 Å². The highest BCUT2D eigenvalue weighted by Crippen LogP contribution is 2.25. The Labute approximate surface area is 154 Å². The van der Waals surface area contributed by atoms with Gasteiger partial charge in [-0.15, -0.1) is 0 Å². The van der Waals surface area contributed by atoms with Gasteiger partial charge < -0.3 is 14.2 Å². The van der Waals surface area contributed by atoms with Crippen LogP contribution in [0, 0.1) is 0 Å². The molecule has 0 saturated carbocycles. The maximum absolute atomic E-state index is 12.5. The molecule has 0 fully saturated rings. The van der Waals surface area contributed by atoms with Crippen molar-refractivity contribution in [2.24, 2.45) is 10.2 Å². The summed E-state index contributed by atoms with van der Waals surface area (Å²) in [5.41, 5.74) is 2.20. The van der Waals surface area contributed by atoms with E-state index in [0.29, 0.717) is 17.1 Å². The van der Waals surface area contributed by atoms with E-state index in [2.05, 4.69) is 20.5 Å². The molecule has 0 saturated heterocycles. The molecule has 0 radical (unpaired) electrons. The molecule has 0 aliphatic rings. The van der Waals surface area contributed by atoms with E-state index in [-0.39, 0.29) is 11.5 Å². The summed E-state index contributed by atoms with van der Waals surface area (Å²) in [6.45, 7) is 0. The first-order chi connectivity index (χ1) is 13.3. The fourth-order valence-electron chi connectivity index (χ4n) is 2.40. The fraction of sp³-hybridized carbons (Fsp3) is 0. The van der Waals surface area contributed by atoms with E-state index in [0.717, 1.165) is 5.69 Å². The predicted molar refractivity (Wildman–Crippen MR) is 99.2 cm³/mol. The molecule has 4 rings (SSSR count). The van der Waals surface area contributed by atoms with Crippen LogP contribution in [0.25, 0.3) is 11.5 Å². The third kappa shape index (κ3) is 3.82. The summed E-state index contributed by atoms with van der Waals surface area (Å²) < 4.78 is 10.5. The summed E-state index contributed by atoms with van der Waals surface area (Å²) in [7, 11) is 0. The summed E-state index contributed by atoms with van der Waals surface area (Å²) in [5.74, 6) is 0.328. The van der Waals surface area contributed by atoms with Crippen LogP contribution < -0.4 is 5.32 Å². The number of carbonyl (C=O) groups is 1. The minimum atomic E-state index is -0.395. The zero-order valence-corrected chi connectivity index (χ0v) is 14.1. The number of carbonyl (C=O) groups excluding carboxylic acids is 1. The quantitative estimate of drug-likeness (QED) is 0.470. The molecule has 4 aromatic rings. The maximum atomic E-state index is 12.5. The number of hydrogen-bond acceptors (Lipinski definition) is 6. The van der Waals surface area contributed by atoms with Crippen molar-refractivity contribution in [3.63, 3.8) is 0 Å². The number of hydrogen-bond donors (Lipinski definition) is 1. The maximum Gasteiger partial charge on any atom is 0.278 e. The number of aromatic nitrogens is 1. The third-order valence-corrected chi connectivity index (χ3v) is 3.69. The lowest BCUT2D eigenvalue weighted by molar-refractivity contribution is 0.102. The number of azo groups is 1. The van der Waals surface area contributed by atoms with Crippen LogP contribution in [-0.4, -0.2) is 10.9 Å². The number of amides is 1. The number of furan rings is 1. The van der Waals surface area contributed by atoms with Crippen molar-refractivity contribution in [3.8, 4) is 11.5 Å². The van der Waals surface area contributed by atoms with Crippen LogP contribution in [-0.2, 0) is 0 Å². The predicted octanol–water partition coefficient (Wildman–Crippen LogP) is 5.60. The van der Waals surface area contributed by atoms with E-state index in [9.17, 15) is 4.79 Å². The summed E-state index contributed by atoms with van der Waals surface area (Å²) >= 11 is 0. The van der Waals surface area contributed by atoms with Crippen LogP contribution in [0.5, 0.6) is 0 Å². The summed E-state index contributed by atoms with van der Waals surface area (Å²) in [6.07, 6.45) is 2.71. The second kappa shape index (κ2) is 7.49. The molecule has 27 heavy (non-hydrogen) atoms. The van der Waals surface area contributed by atoms with E-state index in [4.69, 9.17) is 8.83 Å². The highest BCUT2D eigenvalue weighted by Gasteiger charge is 2.20. The molecule has 1 N–H and O–H groups in total. The lowest BCUT2D eigenvalue weighted by Crippen LogP contribution is -2.13. The number of oxazole rings is 1. The van der Waals surface area contributed by atoms with E-state index < -0.39 is 5.91 Å². The molecular formula is C20H14N4O3. The minimum Gasteiger partial charge on any atom is -0.461 e. The van der Waals surface area contributed by atoms with Gasteiger partial charge in [-0.3, -0.25) is 4.79 Å². The zero-order chi connectivity index (χ0) is 18.5. The second-order valence-electron chi connectivity index (χ2n) is 5.54. The molecule has 0 spiro atoms. The summed E-state index contributed by atoms with van der Waals surface area (Å²) in [4.78, 5) is 16.4. The molecule has 7 heteroatoms. The molecule has 1 amide bonds. The van der Waals surface area contributed by atoms with Gasteiger partial charge in [0, 0.05) is 5.69 Å². The van der Waals surface area contributed by atoms with Crippen LogP contribution in [0.1, 0.15) is 10.5 Å². The van der Waals surface area contributed by atoms with Crippen LogP contribution >= 0.6 is 0 Å². The number of nitrogens with zero attached hydrogens (tertiary/aromatic N) is 3. The average molecular weight is 358 g/mol. The van der Waals surface area contributed by atoms with E-state index in [1.54, 1.807) is 36.4 Å². The fourth-order valence-corrected chi connectivity index (χ4v) is 2.40. The Morgan fingerprint density at radius 3 is 2.30 bits per heavy atom. The normalized spacial score (nSPS) is 11.0. The Bertz CT molecular complexity index is 1050. The molecule has 0 aliphatic carbocycles. The molecule has 0 unspecified atom stereocenters. The second-order valence-corrected chi connectivity index (χ2v) is 5.54. The molecule has 2 heterocycles. The first kappa shape index (κ1) is 16.5. The van der Waals surface area contributed by atoms with Crippen LogP contribution in [0.15, 0.2) is 98.4 Å². The minimum absolute atomic E-state index is 0.151. The van der Waals surface area contributed by atoms with Gasteiger partial charge in [0.05, 0.1) is 17.6 Å². The Hall–Kier alpha value is -4.00. The van der Waals surface area contributed by atoms with Gasteiger partial charge in [-0.2, -0.15) is 10.2 Å². The third-order valence-electron chi connectivity index (χ3n) is 3.69. The van der Waals surface area contributed by atoms with Crippen molar-refractivity contribution < 1.29 is 13.6 Å². The van der Waals surface area contributed by atoms with E-state index in [1.807, 2.05) is 30.3 Å². The first-order valence-corrected chi connectivity index (χ1v) is 8.15. The molecule has 0 atom stereocenters. The van der Waals surface area contributed by atoms with Gasteiger partial charge in [0.15, 0.2) is 17.8 Å². The van der Waals surface area contributed by atoms with Gasteiger partial charge in [-0.25, -0.2) is 4.98 Å². The van der Waals surface area contributed by atoms with Crippen LogP contribution in [0.3, 0.4) is 0 Å². The molecule has 2 aromatic carbocycles. The van der Waals surface area contributed by atoms with Gasteiger partial charge in [0.1, 0.15) is 0 Å². The number of benzene rings is 2. The monoisotopic (exact) mass is 358 g/mol. The van der Waals surface area contributed by atoms with Crippen molar-refractivity contribution in [2.75, 3.05) is 5.32 Å². The smallest absolute Gasteiger partial charge is 0.278 e. The Morgan fingerprint density at radius 1 is 0.852 bits per heavy atom. The lowest BCUT2D eigenvalue weighted by Gasteiger charge is -2.04. The van der Waals surface area contributed by atoms with Gasteiger partial charge in [0.25, 0.3) is 5.91 Å². The van der Waals surface area contributed by atoms with Gasteiger partial charge in [-0.05, 0) is 48.5 Å². The lowest BCUT2D eigenvalue weighted by atomic mass is 10.2. The highest BCUT2D eigenvalue weighted by atomic mass is 16.4. The number of nitrogens with one attached hydrogen (secondary N) is 1. The molecule has 2 aromatic heterocycles. The SMILES string of the molecule is O=C(Nc1ccc(N=Nc2ccccc2)cc1)c1ncoc1-c1ccco1. The molecule has 0 bridgehead atoms. The topological polar surface area (TPSA) is 93.0 Å². The first-order valence-electron chi connectivity index (χ1n) is 8.15. The molecule has 7 nitrogen and oxygen atoms in total. The molecule has 0 aliphatic heterocycles. The largest absolute Gasteiger partial charge is 0.461 e. The Kier molecular flexibility index (Phi) is 4.57. The van der Waals surface area contributed by atoms with Crippen LogP contribution in [0.2, 0.25) is 0 Å². The number of anilines is 1. The number of rotatable bonds is 5.